The highest BCUT2D eigenvalue weighted by atomic mass is 19.4. The van der Waals surface area contributed by atoms with E-state index >= 15 is 0 Å². The maximum absolute atomic E-state index is 13.0. The van der Waals surface area contributed by atoms with Crippen LogP contribution in [-0.4, -0.2) is 64.7 Å². The van der Waals surface area contributed by atoms with Crippen LogP contribution in [0.5, 0.6) is 5.88 Å². The number of hydrogen-bond donors (Lipinski definition) is 1. The molecule has 0 saturated carbocycles. The molecule has 2 aromatic rings. The van der Waals surface area contributed by atoms with Crippen molar-refractivity contribution < 1.29 is 27.8 Å². The first-order valence-corrected chi connectivity index (χ1v) is 10.5. The zero-order chi connectivity index (χ0) is 23.5. The summed E-state index contributed by atoms with van der Waals surface area (Å²) in [5.41, 5.74) is 0.194. The van der Waals surface area contributed by atoms with Crippen LogP contribution in [0.2, 0.25) is 0 Å². The minimum absolute atomic E-state index is 0.105. The number of aliphatic hydroxyl groups excluding tert-OH is 1. The highest BCUT2D eigenvalue weighted by molar-refractivity contribution is 5.96. The van der Waals surface area contributed by atoms with Gasteiger partial charge in [0.2, 0.25) is 5.88 Å². The molecule has 1 aliphatic rings. The molecule has 174 valence electrons. The molecule has 3 rings (SSSR count). The SMILES string of the molecule is C[C@H](CO)N1C[C@H](C)[C@H](CN(C)Cc2cccc(C(F)(F)F)c2)Oc2ncccc2C1=O. The molecule has 6 nitrogen and oxygen atoms in total. The number of rotatable bonds is 6. The van der Waals surface area contributed by atoms with Crippen LogP contribution < -0.4 is 4.74 Å². The van der Waals surface area contributed by atoms with Crippen molar-refractivity contribution >= 4 is 5.91 Å². The molecule has 0 aliphatic carbocycles. The Morgan fingerprint density at radius 2 is 2.06 bits per heavy atom. The van der Waals surface area contributed by atoms with E-state index in [9.17, 15) is 23.1 Å². The molecule has 0 unspecified atom stereocenters. The number of ether oxygens (including phenoxy) is 1. The van der Waals surface area contributed by atoms with Gasteiger partial charge in [-0.2, -0.15) is 13.2 Å². The topological polar surface area (TPSA) is 65.9 Å². The normalized spacial score (nSPS) is 20.4. The molecule has 0 fully saturated rings. The van der Waals surface area contributed by atoms with Crippen LogP contribution in [0.15, 0.2) is 42.6 Å². The minimum atomic E-state index is -4.39. The second kappa shape index (κ2) is 9.87. The number of aromatic nitrogens is 1. The standard InChI is InChI=1S/C23H28F3N3O3/c1-15-11-29(16(2)14-30)22(31)19-8-5-9-27-21(19)32-20(15)13-28(3)12-17-6-4-7-18(10-17)23(24,25)26/h4-10,15-16,20,30H,11-14H2,1-3H3/t15-,16+,20-/m0/s1. The number of aliphatic hydroxyl groups is 1. The number of likely N-dealkylation sites (N-methyl/N-ethyl adjacent to an activating group) is 1. The van der Waals surface area contributed by atoms with Gasteiger partial charge in [-0.25, -0.2) is 4.98 Å². The Hall–Kier alpha value is -2.65. The number of fused-ring (bicyclic) bond motifs is 1. The van der Waals surface area contributed by atoms with E-state index in [0.717, 1.165) is 12.1 Å². The van der Waals surface area contributed by atoms with E-state index in [1.807, 2.05) is 18.9 Å². The monoisotopic (exact) mass is 451 g/mol. The summed E-state index contributed by atoms with van der Waals surface area (Å²) in [5.74, 6) is -0.138. The van der Waals surface area contributed by atoms with Gasteiger partial charge in [0.15, 0.2) is 0 Å². The minimum Gasteiger partial charge on any atom is -0.472 e. The molecular weight excluding hydrogens is 423 g/mol. The average molecular weight is 451 g/mol. The summed E-state index contributed by atoms with van der Waals surface area (Å²) in [4.78, 5) is 20.8. The van der Waals surface area contributed by atoms with Gasteiger partial charge in [-0.3, -0.25) is 9.69 Å². The van der Waals surface area contributed by atoms with Gasteiger partial charge in [-0.15, -0.1) is 0 Å². The lowest BCUT2D eigenvalue weighted by Gasteiger charge is -2.37. The highest BCUT2D eigenvalue weighted by Gasteiger charge is 2.34. The number of benzene rings is 1. The third kappa shape index (κ3) is 5.58. The van der Waals surface area contributed by atoms with Crippen LogP contribution >= 0.6 is 0 Å². The van der Waals surface area contributed by atoms with Crippen molar-refractivity contribution in [3.63, 3.8) is 0 Å². The zero-order valence-electron chi connectivity index (χ0n) is 18.3. The van der Waals surface area contributed by atoms with Crippen molar-refractivity contribution in [2.24, 2.45) is 5.92 Å². The van der Waals surface area contributed by atoms with Crippen molar-refractivity contribution in [1.29, 1.82) is 0 Å². The largest absolute Gasteiger partial charge is 0.472 e. The number of carbonyl (C=O) groups excluding carboxylic acids is 1. The van der Waals surface area contributed by atoms with Crippen molar-refractivity contribution in [3.8, 4) is 5.88 Å². The van der Waals surface area contributed by atoms with Crippen LogP contribution in [0.25, 0.3) is 0 Å². The van der Waals surface area contributed by atoms with Gasteiger partial charge in [-0.1, -0.05) is 25.1 Å². The molecule has 32 heavy (non-hydrogen) atoms. The van der Waals surface area contributed by atoms with Gasteiger partial charge >= 0.3 is 6.18 Å². The first-order valence-electron chi connectivity index (χ1n) is 10.5. The lowest BCUT2D eigenvalue weighted by molar-refractivity contribution is -0.137. The predicted molar refractivity (Wildman–Crippen MR) is 113 cm³/mol. The van der Waals surface area contributed by atoms with Crippen LogP contribution in [0.4, 0.5) is 13.2 Å². The lowest BCUT2D eigenvalue weighted by Crippen LogP contribution is -2.49. The van der Waals surface area contributed by atoms with Crippen molar-refractivity contribution in [2.75, 3.05) is 26.7 Å². The van der Waals surface area contributed by atoms with Gasteiger partial charge in [0.1, 0.15) is 11.7 Å². The van der Waals surface area contributed by atoms with E-state index < -0.39 is 11.7 Å². The highest BCUT2D eigenvalue weighted by Crippen LogP contribution is 2.30. The second-order valence-electron chi connectivity index (χ2n) is 8.37. The van der Waals surface area contributed by atoms with E-state index in [2.05, 4.69) is 4.98 Å². The first kappa shape index (κ1) is 24.0. The molecule has 3 atom stereocenters. The van der Waals surface area contributed by atoms with Gasteiger partial charge in [0, 0.05) is 31.7 Å². The van der Waals surface area contributed by atoms with Crippen molar-refractivity contribution in [1.82, 2.24) is 14.8 Å². The predicted octanol–water partition coefficient (Wildman–Crippen LogP) is 3.45. The van der Waals surface area contributed by atoms with Crippen molar-refractivity contribution in [3.05, 3.63) is 59.3 Å². The smallest absolute Gasteiger partial charge is 0.416 e. The third-order valence-electron chi connectivity index (χ3n) is 5.64. The van der Waals surface area contributed by atoms with Gasteiger partial charge in [0.25, 0.3) is 5.91 Å². The molecule has 1 N–H and O–H groups in total. The molecule has 1 amide bonds. The zero-order valence-corrected chi connectivity index (χ0v) is 18.3. The first-order chi connectivity index (χ1) is 15.1. The molecule has 9 heteroatoms. The summed E-state index contributed by atoms with van der Waals surface area (Å²) in [6.45, 7) is 4.65. The van der Waals surface area contributed by atoms with Gasteiger partial charge in [-0.05, 0) is 37.7 Å². The lowest BCUT2D eigenvalue weighted by atomic mass is 10.00. The number of nitrogens with zero attached hydrogens (tertiary/aromatic N) is 3. The molecule has 1 aromatic carbocycles. The Morgan fingerprint density at radius 3 is 2.75 bits per heavy atom. The maximum atomic E-state index is 13.0. The number of carbonyl (C=O) groups is 1. The van der Waals surface area contributed by atoms with Crippen LogP contribution in [0.1, 0.15) is 35.3 Å². The summed E-state index contributed by atoms with van der Waals surface area (Å²) in [6.07, 6.45) is -3.21. The Bertz CT molecular complexity index is 938. The van der Waals surface area contributed by atoms with Gasteiger partial charge < -0.3 is 14.7 Å². The molecule has 0 bridgehead atoms. The third-order valence-corrected chi connectivity index (χ3v) is 5.64. The fourth-order valence-electron chi connectivity index (χ4n) is 3.80. The number of hydrogen-bond acceptors (Lipinski definition) is 5. The number of alkyl halides is 3. The Kier molecular flexibility index (Phi) is 7.40. The Labute approximate surface area is 185 Å². The number of halogens is 3. The Morgan fingerprint density at radius 1 is 1.31 bits per heavy atom. The van der Waals surface area contributed by atoms with Crippen LogP contribution in [0.3, 0.4) is 0 Å². The fourth-order valence-corrected chi connectivity index (χ4v) is 3.80. The Balaban J connectivity index is 1.80. The molecule has 0 saturated heterocycles. The number of amides is 1. The molecular formula is C23H28F3N3O3. The summed E-state index contributed by atoms with van der Waals surface area (Å²) in [6, 6.07) is 8.19. The fraction of sp³-hybridized carbons (Fsp3) is 0.478. The summed E-state index contributed by atoms with van der Waals surface area (Å²) in [7, 11) is 1.81. The second-order valence-corrected chi connectivity index (χ2v) is 8.37. The van der Waals surface area contributed by atoms with Crippen LogP contribution in [-0.2, 0) is 12.7 Å². The quantitative estimate of drug-likeness (QED) is 0.729. The van der Waals surface area contributed by atoms with Crippen LogP contribution in [0, 0.1) is 5.92 Å². The summed E-state index contributed by atoms with van der Waals surface area (Å²) < 4.78 is 45.2. The van der Waals surface area contributed by atoms with E-state index in [-0.39, 0.29) is 36.5 Å². The molecule has 0 radical (unpaired) electrons. The van der Waals surface area contributed by atoms with E-state index in [1.54, 1.807) is 36.2 Å². The molecule has 1 aliphatic heterocycles. The maximum Gasteiger partial charge on any atom is 0.416 e. The van der Waals surface area contributed by atoms with E-state index in [0.29, 0.717) is 30.8 Å². The number of pyridine rings is 1. The molecule has 0 spiro atoms. The molecule has 2 heterocycles. The average Bonchev–Trinajstić information content (AvgIpc) is 2.75. The van der Waals surface area contributed by atoms with E-state index in [4.69, 9.17) is 4.74 Å². The summed E-state index contributed by atoms with van der Waals surface area (Å²) in [5, 5.41) is 9.63. The summed E-state index contributed by atoms with van der Waals surface area (Å²) >= 11 is 0. The van der Waals surface area contributed by atoms with Gasteiger partial charge in [0.05, 0.1) is 18.2 Å². The molecule has 1 aromatic heterocycles. The van der Waals surface area contributed by atoms with Crippen molar-refractivity contribution in [2.45, 2.75) is 38.7 Å². The van der Waals surface area contributed by atoms with E-state index in [1.165, 1.54) is 6.07 Å².